The Morgan fingerprint density at radius 1 is 1.25 bits per heavy atom. The normalized spacial score (nSPS) is 10.7. The van der Waals surface area contributed by atoms with Gasteiger partial charge in [-0.2, -0.15) is 5.10 Å². The number of aromatic nitrogens is 2. The number of anilines is 1. The maximum atomic E-state index is 13.4. The number of rotatable bonds is 2. The number of nitrogens with one attached hydrogen (secondary N) is 1. The van der Waals surface area contributed by atoms with Crippen molar-refractivity contribution in [2.75, 3.05) is 5.32 Å². The van der Waals surface area contributed by atoms with E-state index in [9.17, 15) is 22.4 Å². The summed E-state index contributed by atoms with van der Waals surface area (Å²) in [5, 5.41) is 5.56. The molecule has 0 spiro atoms. The highest BCUT2D eigenvalue weighted by Gasteiger charge is 2.23. The third-order valence-electron chi connectivity index (χ3n) is 2.35. The van der Waals surface area contributed by atoms with E-state index in [0.29, 0.717) is 3.57 Å². The number of nitrogens with zero attached hydrogens (tertiary/aromatic N) is 2. The smallest absolute Gasteiger partial charge is 0.277 e. The molecule has 0 radical (unpaired) electrons. The van der Waals surface area contributed by atoms with Crippen LogP contribution in [0.4, 0.5) is 23.2 Å². The number of hydrogen-bond donors (Lipinski definition) is 1. The van der Waals surface area contributed by atoms with E-state index in [-0.39, 0.29) is 11.8 Å². The van der Waals surface area contributed by atoms with E-state index in [0.717, 1.165) is 0 Å². The Labute approximate surface area is 123 Å². The summed E-state index contributed by atoms with van der Waals surface area (Å²) in [5.41, 5.74) is -1.30. The molecule has 0 unspecified atom stereocenters. The summed E-state index contributed by atoms with van der Waals surface area (Å²) in [6, 6.07) is 0.0604. The van der Waals surface area contributed by atoms with Crippen molar-refractivity contribution in [3.8, 4) is 0 Å². The lowest BCUT2D eigenvalue weighted by molar-refractivity contribution is 0.101. The molecule has 0 atom stereocenters. The Hall–Kier alpha value is -1.65. The molecule has 1 aromatic heterocycles. The van der Waals surface area contributed by atoms with E-state index in [1.807, 2.05) is 0 Å². The minimum Gasteiger partial charge on any atom is -0.315 e. The van der Waals surface area contributed by atoms with Crippen LogP contribution < -0.4 is 5.32 Å². The SMILES string of the molecule is Cn1cc(I)c(C(=O)Nc2c(F)c(F)cc(F)c2F)n1. The minimum absolute atomic E-state index is 0.0604. The number of aryl methyl sites for hydroxylation is 1. The van der Waals surface area contributed by atoms with Gasteiger partial charge in [0.25, 0.3) is 5.91 Å². The zero-order valence-electron chi connectivity index (χ0n) is 9.85. The van der Waals surface area contributed by atoms with Crippen LogP contribution in [0.5, 0.6) is 0 Å². The van der Waals surface area contributed by atoms with E-state index < -0.39 is 34.9 Å². The molecule has 1 N–H and O–H groups in total. The fourth-order valence-corrected chi connectivity index (χ4v) is 2.22. The Morgan fingerprint density at radius 3 is 2.25 bits per heavy atom. The van der Waals surface area contributed by atoms with Crippen molar-refractivity contribution in [3.05, 3.63) is 44.8 Å². The molecule has 2 aromatic rings. The quantitative estimate of drug-likeness (QED) is 0.480. The molecule has 0 saturated heterocycles. The van der Waals surface area contributed by atoms with Crippen LogP contribution in [0.1, 0.15) is 10.5 Å². The molecule has 0 fully saturated rings. The summed E-state index contributed by atoms with van der Waals surface area (Å²) in [6.45, 7) is 0. The highest BCUT2D eigenvalue weighted by atomic mass is 127. The number of carbonyl (C=O) groups is 1. The first-order valence-corrected chi connectivity index (χ1v) is 6.22. The van der Waals surface area contributed by atoms with Gasteiger partial charge in [-0.3, -0.25) is 9.48 Å². The van der Waals surface area contributed by atoms with Gasteiger partial charge in [0.2, 0.25) is 0 Å². The molecule has 0 aliphatic rings. The van der Waals surface area contributed by atoms with Crippen LogP contribution in [0.2, 0.25) is 0 Å². The second-order valence-electron chi connectivity index (χ2n) is 3.80. The van der Waals surface area contributed by atoms with Crippen LogP contribution in [0.25, 0.3) is 0 Å². The van der Waals surface area contributed by atoms with Gasteiger partial charge in [0.1, 0.15) is 5.69 Å². The molecule has 0 saturated carbocycles. The Balaban J connectivity index is 2.40. The summed E-state index contributed by atoms with van der Waals surface area (Å²) in [5.74, 6) is -7.53. The predicted molar refractivity (Wildman–Crippen MR) is 70.2 cm³/mol. The molecule has 2 rings (SSSR count). The fraction of sp³-hybridized carbons (Fsp3) is 0.0909. The second-order valence-corrected chi connectivity index (χ2v) is 4.96. The molecule has 1 heterocycles. The summed E-state index contributed by atoms with van der Waals surface area (Å²) in [6.07, 6.45) is 1.49. The lowest BCUT2D eigenvalue weighted by Crippen LogP contribution is -2.17. The van der Waals surface area contributed by atoms with Crippen molar-refractivity contribution in [1.29, 1.82) is 0 Å². The largest absolute Gasteiger partial charge is 0.315 e. The average Bonchev–Trinajstić information content (AvgIpc) is 2.71. The van der Waals surface area contributed by atoms with Crippen LogP contribution in [-0.4, -0.2) is 15.7 Å². The van der Waals surface area contributed by atoms with Crippen molar-refractivity contribution in [1.82, 2.24) is 9.78 Å². The maximum Gasteiger partial charge on any atom is 0.277 e. The van der Waals surface area contributed by atoms with Gasteiger partial charge in [0.15, 0.2) is 29.0 Å². The average molecular weight is 399 g/mol. The number of hydrogen-bond acceptors (Lipinski definition) is 2. The third kappa shape index (κ3) is 2.62. The summed E-state index contributed by atoms with van der Waals surface area (Å²) in [7, 11) is 1.54. The van der Waals surface area contributed by atoms with Gasteiger partial charge in [0, 0.05) is 19.3 Å². The number of amides is 1. The molecule has 0 bridgehead atoms. The van der Waals surface area contributed by atoms with E-state index in [1.165, 1.54) is 10.9 Å². The number of halogens is 5. The zero-order valence-corrected chi connectivity index (χ0v) is 12.0. The van der Waals surface area contributed by atoms with Crippen molar-refractivity contribution < 1.29 is 22.4 Å². The van der Waals surface area contributed by atoms with Gasteiger partial charge >= 0.3 is 0 Å². The van der Waals surface area contributed by atoms with Gasteiger partial charge in [-0.25, -0.2) is 17.6 Å². The van der Waals surface area contributed by atoms with Gasteiger partial charge in [-0.05, 0) is 22.6 Å². The summed E-state index contributed by atoms with van der Waals surface area (Å²) < 4.78 is 54.5. The summed E-state index contributed by atoms with van der Waals surface area (Å²) in [4.78, 5) is 11.8. The Kier molecular flexibility index (Phi) is 3.97. The van der Waals surface area contributed by atoms with E-state index >= 15 is 0 Å². The molecule has 0 aliphatic carbocycles. The highest BCUT2D eigenvalue weighted by Crippen LogP contribution is 2.25. The number of benzene rings is 1. The zero-order chi connectivity index (χ0) is 15.0. The second kappa shape index (κ2) is 5.38. The van der Waals surface area contributed by atoms with Crippen molar-refractivity contribution in [3.63, 3.8) is 0 Å². The molecule has 106 valence electrons. The molecule has 1 amide bonds. The molecular formula is C11H6F4IN3O. The highest BCUT2D eigenvalue weighted by molar-refractivity contribution is 14.1. The van der Waals surface area contributed by atoms with E-state index in [2.05, 4.69) is 5.10 Å². The van der Waals surface area contributed by atoms with E-state index in [4.69, 9.17) is 0 Å². The first kappa shape index (κ1) is 14.8. The van der Waals surface area contributed by atoms with Crippen molar-refractivity contribution in [2.45, 2.75) is 0 Å². The predicted octanol–water partition coefficient (Wildman–Crippen LogP) is 2.83. The maximum absolute atomic E-state index is 13.4. The van der Waals surface area contributed by atoms with Crippen LogP contribution in [-0.2, 0) is 7.05 Å². The first-order valence-electron chi connectivity index (χ1n) is 5.14. The molecule has 0 aliphatic heterocycles. The van der Waals surface area contributed by atoms with Gasteiger partial charge in [0.05, 0.1) is 3.57 Å². The van der Waals surface area contributed by atoms with Gasteiger partial charge in [-0.1, -0.05) is 0 Å². The lowest BCUT2D eigenvalue weighted by atomic mass is 10.2. The van der Waals surface area contributed by atoms with E-state index in [1.54, 1.807) is 35.0 Å². The van der Waals surface area contributed by atoms with Crippen LogP contribution in [0.3, 0.4) is 0 Å². The topological polar surface area (TPSA) is 46.9 Å². The fourth-order valence-electron chi connectivity index (χ4n) is 1.47. The van der Waals surface area contributed by atoms with Crippen LogP contribution in [0.15, 0.2) is 12.3 Å². The lowest BCUT2D eigenvalue weighted by Gasteiger charge is -2.07. The Morgan fingerprint density at radius 2 is 1.80 bits per heavy atom. The minimum atomic E-state index is -1.68. The van der Waals surface area contributed by atoms with Crippen LogP contribution in [0, 0.1) is 26.8 Å². The standard InChI is InChI=1S/C11H6F4IN3O/c1-19-3-6(16)9(18-19)11(20)17-10-7(14)4(12)2-5(13)8(10)15/h2-3H,1H3,(H,17,20). The summed E-state index contributed by atoms with van der Waals surface area (Å²) >= 11 is 1.79. The molecule has 1 aromatic carbocycles. The van der Waals surface area contributed by atoms with Gasteiger partial charge < -0.3 is 5.32 Å². The first-order chi connectivity index (χ1) is 9.31. The van der Waals surface area contributed by atoms with Gasteiger partial charge in [-0.15, -0.1) is 0 Å². The molecule has 4 nitrogen and oxygen atoms in total. The molecular weight excluding hydrogens is 393 g/mol. The molecule has 9 heteroatoms. The van der Waals surface area contributed by atoms with Crippen molar-refractivity contribution >= 4 is 34.2 Å². The number of carbonyl (C=O) groups excluding carboxylic acids is 1. The Bertz CT molecular complexity index is 675. The third-order valence-corrected chi connectivity index (χ3v) is 3.14. The van der Waals surface area contributed by atoms with Crippen LogP contribution >= 0.6 is 22.6 Å². The molecule has 20 heavy (non-hydrogen) atoms. The van der Waals surface area contributed by atoms with Crippen molar-refractivity contribution in [2.24, 2.45) is 7.05 Å². The monoisotopic (exact) mass is 399 g/mol.